The average molecular weight is 412 g/mol. The first-order valence-electron chi connectivity index (χ1n) is 6.40. The zero-order chi connectivity index (χ0) is 14.3. The number of rotatable bonds is 5. The molecule has 114 valence electrons. The SMILES string of the molecule is CCC(C)NC(=NC)NCc1ccc(Cl)cc1OC.I. The topological polar surface area (TPSA) is 45.7 Å². The Balaban J connectivity index is 0.00000361. The molecule has 2 N–H and O–H groups in total. The minimum Gasteiger partial charge on any atom is -0.496 e. The fourth-order valence-corrected chi connectivity index (χ4v) is 1.74. The van der Waals surface area contributed by atoms with Gasteiger partial charge in [0.05, 0.1) is 7.11 Å². The van der Waals surface area contributed by atoms with E-state index in [0.29, 0.717) is 17.6 Å². The second kappa shape index (κ2) is 10.1. The van der Waals surface area contributed by atoms with Gasteiger partial charge < -0.3 is 15.4 Å². The molecule has 0 saturated carbocycles. The predicted octanol–water partition coefficient (Wildman–Crippen LogP) is 3.43. The molecule has 1 aromatic rings. The molecule has 0 spiro atoms. The van der Waals surface area contributed by atoms with Crippen LogP contribution in [0.15, 0.2) is 23.2 Å². The van der Waals surface area contributed by atoms with Gasteiger partial charge in [-0.15, -0.1) is 24.0 Å². The molecule has 4 nitrogen and oxygen atoms in total. The Morgan fingerprint density at radius 2 is 2.15 bits per heavy atom. The third-order valence-corrected chi connectivity index (χ3v) is 3.15. The highest BCUT2D eigenvalue weighted by Crippen LogP contribution is 2.22. The third kappa shape index (κ3) is 6.17. The maximum atomic E-state index is 5.94. The summed E-state index contributed by atoms with van der Waals surface area (Å²) >= 11 is 5.94. The molecule has 0 aromatic heterocycles. The summed E-state index contributed by atoms with van der Waals surface area (Å²) in [6.45, 7) is 4.89. The summed E-state index contributed by atoms with van der Waals surface area (Å²) < 4.78 is 5.31. The van der Waals surface area contributed by atoms with Gasteiger partial charge in [0.15, 0.2) is 5.96 Å². The fraction of sp³-hybridized carbons (Fsp3) is 0.500. The maximum Gasteiger partial charge on any atom is 0.191 e. The number of hydrogen-bond donors (Lipinski definition) is 2. The minimum absolute atomic E-state index is 0. The van der Waals surface area contributed by atoms with Crippen LogP contribution in [0.5, 0.6) is 5.75 Å². The van der Waals surface area contributed by atoms with Gasteiger partial charge in [0.1, 0.15) is 5.75 Å². The summed E-state index contributed by atoms with van der Waals surface area (Å²) in [5.74, 6) is 1.56. The van der Waals surface area contributed by atoms with Crippen LogP contribution in [-0.4, -0.2) is 26.2 Å². The largest absolute Gasteiger partial charge is 0.496 e. The van der Waals surface area contributed by atoms with Crippen molar-refractivity contribution in [3.8, 4) is 5.75 Å². The summed E-state index contributed by atoms with van der Waals surface area (Å²) in [6.07, 6.45) is 1.05. The van der Waals surface area contributed by atoms with Crippen LogP contribution in [0.4, 0.5) is 0 Å². The normalized spacial score (nSPS) is 12.3. The molecule has 0 amide bonds. The predicted molar refractivity (Wildman–Crippen MR) is 96.5 cm³/mol. The Labute approximate surface area is 143 Å². The van der Waals surface area contributed by atoms with Crippen LogP contribution in [0.1, 0.15) is 25.8 Å². The highest BCUT2D eigenvalue weighted by molar-refractivity contribution is 14.0. The molecular formula is C14H23ClIN3O. The maximum absolute atomic E-state index is 5.94. The van der Waals surface area contributed by atoms with Crippen LogP contribution in [-0.2, 0) is 6.54 Å². The number of methoxy groups -OCH3 is 1. The molecule has 0 aliphatic rings. The van der Waals surface area contributed by atoms with Gasteiger partial charge in [0.25, 0.3) is 0 Å². The smallest absolute Gasteiger partial charge is 0.191 e. The molecule has 0 radical (unpaired) electrons. The van der Waals surface area contributed by atoms with E-state index in [0.717, 1.165) is 23.7 Å². The van der Waals surface area contributed by atoms with Crippen molar-refractivity contribution in [1.29, 1.82) is 0 Å². The van der Waals surface area contributed by atoms with E-state index in [9.17, 15) is 0 Å². The van der Waals surface area contributed by atoms with Crippen molar-refractivity contribution < 1.29 is 4.74 Å². The van der Waals surface area contributed by atoms with Crippen molar-refractivity contribution in [3.05, 3.63) is 28.8 Å². The first-order valence-corrected chi connectivity index (χ1v) is 6.78. The molecule has 0 aliphatic heterocycles. The lowest BCUT2D eigenvalue weighted by molar-refractivity contribution is 0.409. The molecule has 0 aliphatic carbocycles. The van der Waals surface area contributed by atoms with E-state index < -0.39 is 0 Å². The highest BCUT2D eigenvalue weighted by Gasteiger charge is 2.06. The van der Waals surface area contributed by atoms with Gasteiger partial charge in [0.2, 0.25) is 0 Å². The average Bonchev–Trinajstić information content (AvgIpc) is 2.43. The number of nitrogens with one attached hydrogen (secondary N) is 2. The van der Waals surface area contributed by atoms with Crippen molar-refractivity contribution in [2.24, 2.45) is 4.99 Å². The number of guanidine groups is 1. The van der Waals surface area contributed by atoms with Crippen LogP contribution in [0.3, 0.4) is 0 Å². The number of benzene rings is 1. The molecular weight excluding hydrogens is 389 g/mol. The van der Waals surface area contributed by atoms with Gasteiger partial charge in [-0.1, -0.05) is 24.6 Å². The molecule has 0 fully saturated rings. The lowest BCUT2D eigenvalue weighted by atomic mass is 10.2. The molecule has 1 aromatic carbocycles. The van der Waals surface area contributed by atoms with Crippen LogP contribution in [0, 0.1) is 0 Å². The third-order valence-electron chi connectivity index (χ3n) is 2.91. The molecule has 1 atom stereocenters. The van der Waals surface area contributed by atoms with Crippen molar-refractivity contribution in [3.63, 3.8) is 0 Å². The van der Waals surface area contributed by atoms with Crippen LogP contribution in [0.2, 0.25) is 5.02 Å². The fourth-order valence-electron chi connectivity index (χ4n) is 1.57. The van der Waals surface area contributed by atoms with Gasteiger partial charge in [-0.3, -0.25) is 4.99 Å². The van der Waals surface area contributed by atoms with E-state index in [1.54, 1.807) is 14.2 Å². The highest BCUT2D eigenvalue weighted by atomic mass is 127. The summed E-state index contributed by atoms with van der Waals surface area (Å²) in [5, 5.41) is 7.24. The van der Waals surface area contributed by atoms with E-state index in [4.69, 9.17) is 16.3 Å². The molecule has 1 unspecified atom stereocenters. The number of halogens is 2. The van der Waals surface area contributed by atoms with Crippen molar-refractivity contribution in [2.45, 2.75) is 32.9 Å². The lowest BCUT2D eigenvalue weighted by Crippen LogP contribution is -2.41. The Morgan fingerprint density at radius 3 is 2.70 bits per heavy atom. The molecule has 20 heavy (non-hydrogen) atoms. The zero-order valence-electron chi connectivity index (χ0n) is 12.4. The van der Waals surface area contributed by atoms with Gasteiger partial charge in [-0.05, 0) is 25.5 Å². The van der Waals surface area contributed by atoms with Crippen molar-refractivity contribution in [2.75, 3.05) is 14.2 Å². The van der Waals surface area contributed by atoms with E-state index in [2.05, 4.69) is 29.5 Å². The number of ether oxygens (including phenoxy) is 1. The van der Waals surface area contributed by atoms with Gasteiger partial charge in [-0.25, -0.2) is 0 Å². The molecule has 0 bridgehead atoms. The Bertz CT molecular complexity index is 440. The summed E-state index contributed by atoms with van der Waals surface area (Å²) in [5.41, 5.74) is 1.04. The summed E-state index contributed by atoms with van der Waals surface area (Å²) in [6, 6.07) is 6.00. The van der Waals surface area contributed by atoms with Gasteiger partial charge in [0, 0.05) is 30.2 Å². The summed E-state index contributed by atoms with van der Waals surface area (Å²) in [4.78, 5) is 4.19. The number of nitrogens with zero attached hydrogens (tertiary/aromatic N) is 1. The Kier molecular flexibility index (Phi) is 9.75. The second-order valence-electron chi connectivity index (χ2n) is 4.34. The van der Waals surface area contributed by atoms with Gasteiger partial charge >= 0.3 is 0 Å². The standard InChI is InChI=1S/C14H22ClN3O.HI/c1-5-10(2)18-14(16-3)17-9-11-6-7-12(15)8-13(11)19-4;/h6-8,10H,5,9H2,1-4H3,(H2,16,17,18);1H. The quantitative estimate of drug-likeness (QED) is 0.443. The van der Waals surface area contributed by atoms with Crippen LogP contribution >= 0.6 is 35.6 Å². The first kappa shape index (κ1) is 19.3. The van der Waals surface area contributed by atoms with Crippen molar-refractivity contribution >= 4 is 41.5 Å². The number of hydrogen-bond acceptors (Lipinski definition) is 2. The minimum atomic E-state index is 0. The Morgan fingerprint density at radius 1 is 1.45 bits per heavy atom. The first-order chi connectivity index (χ1) is 9.10. The van der Waals surface area contributed by atoms with E-state index in [-0.39, 0.29) is 24.0 Å². The molecule has 0 heterocycles. The van der Waals surface area contributed by atoms with E-state index in [1.165, 1.54) is 0 Å². The van der Waals surface area contributed by atoms with E-state index >= 15 is 0 Å². The van der Waals surface area contributed by atoms with Gasteiger partial charge in [-0.2, -0.15) is 0 Å². The van der Waals surface area contributed by atoms with Crippen LogP contribution < -0.4 is 15.4 Å². The van der Waals surface area contributed by atoms with Crippen molar-refractivity contribution in [1.82, 2.24) is 10.6 Å². The zero-order valence-corrected chi connectivity index (χ0v) is 15.5. The van der Waals surface area contributed by atoms with E-state index in [1.807, 2.05) is 18.2 Å². The lowest BCUT2D eigenvalue weighted by Gasteiger charge is -2.17. The van der Waals surface area contributed by atoms with Crippen LogP contribution in [0.25, 0.3) is 0 Å². The summed E-state index contributed by atoms with van der Waals surface area (Å²) in [7, 11) is 3.40. The second-order valence-corrected chi connectivity index (χ2v) is 4.77. The molecule has 6 heteroatoms. The Hall–Kier alpha value is -0.690. The number of aliphatic imine (C=N–C) groups is 1. The monoisotopic (exact) mass is 411 g/mol. The molecule has 0 saturated heterocycles. The molecule has 1 rings (SSSR count).